The minimum absolute atomic E-state index is 0.677. The van der Waals surface area contributed by atoms with E-state index in [0.717, 1.165) is 17.5 Å². The average Bonchev–Trinajstić information content (AvgIpc) is 2.27. The van der Waals surface area contributed by atoms with Crippen molar-refractivity contribution < 1.29 is 4.21 Å². The van der Waals surface area contributed by atoms with Gasteiger partial charge in [0.1, 0.15) is 0 Å². The lowest BCUT2D eigenvalue weighted by atomic mass is 10.3. The summed E-state index contributed by atoms with van der Waals surface area (Å²) in [5.74, 6) is 1.43. The maximum atomic E-state index is 11.9. The molecular formula is C11H11N3OS. The Kier molecular flexibility index (Phi) is 2.14. The van der Waals surface area contributed by atoms with Gasteiger partial charge < -0.3 is 0 Å². The SMILES string of the molecule is O=S1(=Nc2cnc3cccnc3c2)CCC1. The highest BCUT2D eigenvalue weighted by Gasteiger charge is 2.19. The number of hydrogen-bond acceptors (Lipinski definition) is 4. The van der Waals surface area contributed by atoms with Crippen LogP contribution in [-0.2, 0) is 9.73 Å². The van der Waals surface area contributed by atoms with Gasteiger partial charge in [-0.05, 0) is 24.6 Å². The zero-order chi connectivity index (χ0) is 11.0. The number of rotatable bonds is 1. The zero-order valence-electron chi connectivity index (χ0n) is 8.67. The summed E-state index contributed by atoms with van der Waals surface area (Å²) in [5, 5.41) is 0. The molecule has 0 N–H and O–H groups in total. The smallest absolute Gasteiger partial charge is 0.0935 e. The van der Waals surface area contributed by atoms with Gasteiger partial charge in [-0.2, -0.15) is 4.36 Å². The molecule has 0 radical (unpaired) electrons. The Hall–Kier alpha value is -1.49. The molecule has 1 aliphatic rings. The van der Waals surface area contributed by atoms with E-state index in [9.17, 15) is 4.21 Å². The third-order valence-corrected chi connectivity index (χ3v) is 5.03. The van der Waals surface area contributed by atoms with E-state index in [1.165, 1.54) is 0 Å². The molecule has 82 valence electrons. The van der Waals surface area contributed by atoms with Gasteiger partial charge in [-0.3, -0.25) is 9.97 Å². The van der Waals surface area contributed by atoms with Gasteiger partial charge in [0.05, 0.1) is 32.6 Å². The largest absolute Gasteiger partial charge is 0.255 e. The summed E-state index contributed by atoms with van der Waals surface area (Å²) in [5.41, 5.74) is 2.31. The summed E-state index contributed by atoms with van der Waals surface area (Å²) in [6, 6.07) is 5.58. The number of hydrogen-bond donors (Lipinski definition) is 0. The molecular weight excluding hydrogens is 222 g/mol. The molecule has 0 aromatic carbocycles. The third kappa shape index (κ3) is 1.67. The summed E-state index contributed by atoms with van der Waals surface area (Å²) >= 11 is 0. The van der Waals surface area contributed by atoms with Crippen molar-refractivity contribution in [3.05, 3.63) is 30.6 Å². The van der Waals surface area contributed by atoms with E-state index >= 15 is 0 Å². The highest BCUT2D eigenvalue weighted by Crippen LogP contribution is 2.22. The first kappa shape index (κ1) is 9.72. The molecule has 16 heavy (non-hydrogen) atoms. The molecule has 0 bridgehead atoms. The van der Waals surface area contributed by atoms with Crippen molar-refractivity contribution in [3.8, 4) is 0 Å². The van der Waals surface area contributed by atoms with Crippen molar-refractivity contribution in [1.82, 2.24) is 9.97 Å². The summed E-state index contributed by atoms with van der Waals surface area (Å²) in [6.07, 6.45) is 4.40. The predicted octanol–water partition coefficient (Wildman–Crippen LogP) is 2.13. The van der Waals surface area contributed by atoms with Crippen LogP contribution in [-0.4, -0.2) is 25.7 Å². The van der Waals surface area contributed by atoms with Crippen molar-refractivity contribution in [2.75, 3.05) is 11.5 Å². The molecule has 3 heterocycles. The second-order valence-corrected chi connectivity index (χ2v) is 6.41. The molecule has 1 saturated heterocycles. The Morgan fingerprint density at radius 2 is 2.12 bits per heavy atom. The molecule has 1 aliphatic heterocycles. The lowest BCUT2D eigenvalue weighted by Gasteiger charge is -2.17. The molecule has 5 heteroatoms. The maximum Gasteiger partial charge on any atom is 0.0935 e. The molecule has 2 aromatic heterocycles. The van der Waals surface area contributed by atoms with E-state index in [4.69, 9.17) is 0 Å². The van der Waals surface area contributed by atoms with Crippen LogP contribution in [0.15, 0.2) is 35.0 Å². The Morgan fingerprint density at radius 3 is 2.88 bits per heavy atom. The third-order valence-electron chi connectivity index (χ3n) is 2.64. The number of aromatic nitrogens is 2. The summed E-state index contributed by atoms with van der Waals surface area (Å²) < 4.78 is 16.2. The van der Waals surface area contributed by atoms with Crippen LogP contribution in [0.3, 0.4) is 0 Å². The quantitative estimate of drug-likeness (QED) is 0.758. The van der Waals surface area contributed by atoms with E-state index in [2.05, 4.69) is 14.3 Å². The van der Waals surface area contributed by atoms with Crippen LogP contribution < -0.4 is 0 Å². The number of fused-ring (bicyclic) bond motifs is 1. The molecule has 0 saturated carbocycles. The van der Waals surface area contributed by atoms with Crippen molar-refractivity contribution in [3.63, 3.8) is 0 Å². The summed E-state index contributed by atoms with van der Waals surface area (Å²) in [4.78, 5) is 8.44. The lowest BCUT2D eigenvalue weighted by molar-refractivity contribution is 0.663. The van der Waals surface area contributed by atoms with Gasteiger partial charge in [0.2, 0.25) is 0 Å². The fourth-order valence-corrected chi connectivity index (χ4v) is 3.12. The van der Waals surface area contributed by atoms with E-state index in [0.29, 0.717) is 17.2 Å². The first-order chi connectivity index (χ1) is 7.75. The van der Waals surface area contributed by atoms with Crippen LogP contribution in [0.25, 0.3) is 11.0 Å². The van der Waals surface area contributed by atoms with Crippen molar-refractivity contribution >= 4 is 26.4 Å². The second-order valence-electron chi connectivity index (χ2n) is 3.86. The fraction of sp³-hybridized carbons (Fsp3) is 0.273. The van der Waals surface area contributed by atoms with Gasteiger partial charge >= 0.3 is 0 Å². The lowest BCUT2D eigenvalue weighted by Crippen LogP contribution is -2.22. The topological polar surface area (TPSA) is 55.2 Å². The van der Waals surface area contributed by atoms with E-state index in [1.54, 1.807) is 12.4 Å². The Balaban J connectivity index is 2.12. The van der Waals surface area contributed by atoms with Crippen LogP contribution in [0, 0.1) is 0 Å². The zero-order valence-corrected chi connectivity index (χ0v) is 9.48. The van der Waals surface area contributed by atoms with Crippen molar-refractivity contribution in [2.45, 2.75) is 6.42 Å². The standard InChI is InChI=1S/C11H11N3OS/c15-16(5-2-6-16)14-9-7-11-10(13-8-9)3-1-4-12-11/h1,3-4,7-8H,2,5-6H2. The second kappa shape index (κ2) is 3.52. The van der Waals surface area contributed by atoms with Gasteiger partial charge in [0.25, 0.3) is 0 Å². The van der Waals surface area contributed by atoms with Gasteiger partial charge in [-0.1, -0.05) is 0 Å². The normalized spacial score (nSPS) is 18.0. The molecule has 0 atom stereocenters. The van der Waals surface area contributed by atoms with Gasteiger partial charge in [0, 0.05) is 17.7 Å². The first-order valence-electron chi connectivity index (χ1n) is 5.19. The Bertz CT molecular complexity index is 649. The molecule has 0 aliphatic carbocycles. The highest BCUT2D eigenvalue weighted by molar-refractivity contribution is 7.95. The van der Waals surface area contributed by atoms with Crippen molar-refractivity contribution in [1.29, 1.82) is 0 Å². The Morgan fingerprint density at radius 1 is 1.25 bits per heavy atom. The average molecular weight is 233 g/mol. The van der Waals surface area contributed by atoms with Crippen LogP contribution in [0.1, 0.15) is 6.42 Å². The van der Waals surface area contributed by atoms with Crippen molar-refractivity contribution in [2.24, 2.45) is 4.36 Å². The minimum Gasteiger partial charge on any atom is -0.255 e. The van der Waals surface area contributed by atoms with E-state index in [-0.39, 0.29) is 0 Å². The number of nitrogens with zero attached hydrogens (tertiary/aromatic N) is 3. The summed E-state index contributed by atoms with van der Waals surface area (Å²) in [7, 11) is -1.95. The fourth-order valence-electron chi connectivity index (χ4n) is 1.67. The first-order valence-corrected chi connectivity index (χ1v) is 7.04. The summed E-state index contributed by atoms with van der Waals surface area (Å²) in [6.45, 7) is 0. The predicted molar refractivity (Wildman–Crippen MR) is 64.1 cm³/mol. The molecule has 1 fully saturated rings. The molecule has 2 aromatic rings. The minimum atomic E-state index is -1.95. The monoisotopic (exact) mass is 233 g/mol. The maximum absolute atomic E-state index is 11.9. The van der Waals surface area contributed by atoms with Gasteiger partial charge in [0.15, 0.2) is 0 Å². The molecule has 4 nitrogen and oxygen atoms in total. The van der Waals surface area contributed by atoms with Gasteiger partial charge in [-0.25, -0.2) is 4.21 Å². The van der Waals surface area contributed by atoms with E-state index in [1.807, 2.05) is 18.2 Å². The van der Waals surface area contributed by atoms with Crippen LogP contribution in [0.4, 0.5) is 5.69 Å². The molecule has 0 spiro atoms. The van der Waals surface area contributed by atoms with Crippen LogP contribution >= 0.6 is 0 Å². The van der Waals surface area contributed by atoms with Crippen LogP contribution in [0.2, 0.25) is 0 Å². The highest BCUT2D eigenvalue weighted by atomic mass is 32.2. The molecule has 0 amide bonds. The molecule has 3 rings (SSSR count). The van der Waals surface area contributed by atoms with Gasteiger partial charge in [-0.15, -0.1) is 0 Å². The van der Waals surface area contributed by atoms with Crippen LogP contribution in [0.5, 0.6) is 0 Å². The number of pyridine rings is 2. The van der Waals surface area contributed by atoms with E-state index < -0.39 is 9.73 Å². The molecule has 0 unspecified atom stereocenters. The Labute approximate surface area is 93.9 Å².